The molecule has 0 bridgehead atoms. The SMILES string of the molecule is CCNC(=NCc1ccnc(N(C)C)c1)NCc1ccc(C)cc1OCC1CC1.I. The minimum atomic E-state index is 0. The van der Waals surface area contributed by atoms with Gasteiger partial charge in [0.05, 0.1) is 13.2 Å². The maximum Gasteiger partial charge on any atom is 0.191 e. The molecule has 0 spiro atoms. The number of guanidine groups is 1. The molecule has 1 heterocycles. The summed E-state index contributed by atoms with van der Waals surface area (Å²) in [7, 11) is 3.98. The van der Waals surface area contributed by atoms with Crippen molar-refractivity contribution in [3.05, 3.63) is 53.2 Å². The summed E-state index contributed by atoms with van der Waals surface area (Å²) in [5.41, 5.74) is 3.50. The van der Waals surface area contributed by atoms with E-state index in [2.05, 4.69) is 53.7 Å². The van der Waals surface area contributed by atoms with Crippen LogP contribution in [0.1, 0.15) is 36.5 Å². The van der Waals surface area contributed by atoms with Gasteiger partial charge in [-0.25, -0.2) is 9.98 Å². The van der Waals surface area contributed by atoms with Gasteiger partial charge < -0.3 is 20.3 Å². The van der Waals surface area contributed by atoms with E-state index in [1.165, 1.54) is 18.4 Å². The summed E-state index contributed by atoms with van der Waals surface area (Å²) in [5.74, 6) is 3.45. The van der Waals surface area contributed by atoms with Crippen molar-refractivity contribution in [2.24, 2.45) is 10.9 Å². The Hall–Kier alpha value is -2.03. The van der Waals surface area contributed by atoms with Gasteiger partial charge in [-0.3, -0.25) is 0 Å². The topological polar surface area (TPSA) is 61.8 Å². The minimum Gasteiger partial charge on any atom is -0.493 e. The third-order valence-corrected chi connectivity index (χ3v) is 4.87. The fourth-order valence-corrected chi connectivity index (χ4v) is 2.93. The lowest BCUT2D eigenvalue weighted by molar-refractivity contribution is 0.296. The van der Waals surface area contributed by atoms with E-state index in [1.807, 2.05) is 31.3 Å². The fraction of sp³-hybridized carbons (Fsp3) is 0.478. The first kappa shape index (κ1) is 24.2. The van der Waals surface area contributed by atoms with Crippen molar-refractivity contribution in [3.63, 3.8) is 0 Å². The van der Waals surface area contributed by atoms with Crippen molar-refractivity contribution in [1.29, 1.82) is 0 Å². The van der Waals surface area contributed by atoms with Gasteiger partial charge in [0.15, 0.2) is 5.96 Å². The van der Waals surface area contributed by atoms with Gasteiger partial charge in [-0.05, 0) is 61.9 Å². The van der Waals surface area contributed by atoms with Gasteiger partial charge in [0.25, 0.3) is 0 Å². The van der Waals surface area contributed by atoms with Crippen LogP contribution in [0.15, 0.2) is 41.5 Å². The van der Waals surface area contributed by atoms with E-state index < -0.39 is 0 Å². The number of aryl methyl sites for hydroxylation is 1. The Kier molecular flexibility index (Phi) is 9.68. The van der Waals surface area contributed by atoms with Gasteiger partial charge >= 0.3 is 0 Å². The van der Waals surface area contributed by atoms with Gasteiger partial charge in [0.2, 0.25) is 0 Å². The van der Waals surface area contributed by atoms with Crippen LogP contribution in [0.2, 0.25) is 0 Å². The molecule has 164 valence electrons. The maximum absolute atomic E-state index is 6.09. The summed E-state index contributed by atoms with van der Waals surface area (Å²) in [6.45, 7) is 7.07. The van der Waals surface area contributed by atoms with Gasteiger partial charge in [-0.2, -0.15) is 0 Å². The molecule has 0 unspecified atom stereocenters. The average molecular weight is 523 g/mol. The zero-order valence-electron chi connectivity index (χ0n) is 18.4. The highest BCUT2D eigenvalue weighted by Gasteiger charge is 2.22. The van der Waals surface area contributed by atoms with E-state index in [0.717, 1.165) is 47.7 Å². The average Bonchev–Trinajstić information content (AvgIpc) is 3.54. The summed E-state index contributed by atoms with van der Waals surface area (Å²) >= 11 is 0. The van der Waals surface area contributed by atoms with Crippen molar-refractivity contribution in [1.82, 2.24) is 15.6 Å². The molecular formula is C23H34IN5O. The van der Waals surface area contributed by atoms with Crippen molar-refractivity contribution in [3.8, 4) is 5.75 Å². The predicted molar refractivity (Wildman–Crippen MR) is 135 cm³/mol. The van der Waals surface area contributed by atoms with Crippen molar-refractivity contribution in [2.45, 2.75) is 39.8 Å². The lowest BCUT2D eigenvalue weighted by atomic mass is 10.1. The Labute approximate surface area is 197 Å². The van der Waals surface area contributed by atoms with E-state index in [-0.39, 0.29) is 24.0 Å². The van der Waals surface area contributed by atoms with E-state index in [9.17, 15) is 0 Å². The number of hydrogen-bond donors (Lipinski definition) is 2. The number of aliphatic imine (C=N–C) groups is 1. The second-order valence-corrected chi connectivity index (χ2v) is 7.83. The maximum atomic E-state index is 6.09. The Bertz CT molecular complexity index is 836. The Morgan fingerprint density at radius 3 is 2.70 bits per heavy atom. The first-order valence-corrected chi connectivity index (χ1v) is 10.4. The second kappa shape index (κ2) is 12.0. The van der Waals surface area contributed by atoms with Gasteiger partial charge in [0, 0.05) is 38.9 Å². The molecule has 3 rings (SSSR count). The summed E-state index contributed by atoms with van der Waals surface area (Å²) in [6, 6.07) is 10.5. The fourth-order valence-electron chi connectivity index (χ4n) is 2.93. The molecule has 1 aromatic carbocycles. The molecule has 1 aliphatic rings. The van der Waals surface area contributed by atoms with Crippen LogP contribution in [0.5, 0.6) is 5.75 Å². The summed E-state index contributed by atoms with van der Waals surface area (Å²) in [6.07, 6.45) is 4.42. The number of ether oxygens (including phenoxy) is 1. The monoisotopic (exact) mass is 523 g/mol. The molecule has 0 atom stereocenters. The largest absolute Gasteiger partial charge is 0.493 e. The molecule has 0 amide bonds. The number of anilines is 1. The molecule has 0 saturated heterocycles. The van der Waals surface area contributed by atoms with E-state index >= 15 is 0 Å². The number of pyridine rings is 1. The number of rotatable bonds is 9. The molecule has 1 fully saturated rings. The van der Waals surface area contributed by atoms with Crippen LogP contribution >= 0.6 is 24.0 Å². The number of nitrogens with zero attached hydrogens (tertiary/aromatic N) is 3. The number of halogens is 1. The van der Waals surface area contributed by atoms with E-state index in [1.54, 1.807) is 0 Å². The molecule has 6 nitrogen and oxygen atoms in total. The van der Waals surface area contributed by atoms with Gasteiger partial charge in [0.1, 0.15) is 11.6 Å². The lowest BCUT2D eigenvalue weighted by Gasteiger charge is -2.15. The smallest absolute Gasteiger partial charge is 0.191 e. The molecule has 30 heavy (non-hydrogen) atoms. The highest BCUT2D eigenvalue weighted by atomic mass is 127. The Morgan fingerprint density at radius 2 is 2.00 bits per heavy atom. The summed E-state index contributed by atoms with van der Waals surface area (Å²) in [4.78, 5) is 11.1. The summed E-state index contributed by atoms with van der Waals surface area (Å²) in [5, 5.41) is 6.76. The molecule has 2 N–H and O–H groups in total. The number of nitrogens with one attached hydrogen (secondary N) is 2. The van der Waals surface area contributed by atoms with Crippen molar-refractivity contribution < 1.29 is 4.74 Å². The standard InChI is InChI=1S/C23H33N5O.HI/c1-5-24-23(26-14-19-10-11-25-22(13-19)28(3)4)27-15-20-9-6-17(2)12-21(20)29-16-18-7-8-18;/h6,9-13,18H,5,7-8,14-16H2,1-4H3,(H2,24,26,27);1H. The molecule has 1 aromatic heterocycles. The molecule has 1 aliphatic carbocycles. The first-order chi connectivity index (χ1) is 14.0. The highest BCUT2D eigenvalue weighted by Crippen LogP contribution is 2.30. The zero-order valence-corrected chi connectivity index (χ0v) is 20.8. The first-order valence-electron chi connectivity index (χ1n) is 10.4. The van der Waals surface area contributed by atoms with Crippen LogP contribution in [0.25, 0.3) is 0 Å². The molecule has 7 heteroatoms. The second-order valence-electron chi connectivity index (χ2n) is 7.83. The number of hydrogen-bond acceptors (Lipinski definition) is 4. The van der Waals surface area contributed by atoms with Crippen LogP contribution < -0.4 is 20.3 Å². The predicted octanol–water partition coefficient (Wildman–Crippen LogP) is 4.12. The van der Waals surface area contributed by atoms with Crippen LogP contribution in [0.3, 0.4) is 0 Å². The van der Waals surface area contributed by atoms with E-state index in [0.29, 0.717) is 13.1 Å². The Balaban J connectivity index is 0.00000320. The minimum absolute atomic E-state index is 0. The normalized spacial score (nSPS) is 13.4. The van der Waals surface area contributed by atoms with Crippen LogP contribution in [0.4, 0.5) is 5.82 Å². The third-order valence-electron chi connectivity index (χ3n) is 4.87. The molecule has 2 aromatic rings. The highest BCUT2D eigenvalue weighted by molar-refractivity contribution is 14.0. The molecule has 0 radical (unpaired) electrons. The number of aromatic nitrogens is 1. The van der Waals surface area contributed by atoms with Crippen LogP contribution in [-0.2, 0) is 13.1 Å². The van der Waals surface area contributed by atoms with Crippen LogP contribution in [0, 0.1) is 12.8 Å². The van der Waals surface area contributed by atoms with Gasteiger partial charge in [-0.1, -0.05) is 12.1 Å². The van der Waals surface area contributed by atoms with Crippen molar-refractivity contribution in [2.75, 3.05) is 32.1 Å². The van der Waals surface area contributed by atoms with E-state index in [4.69, 9.17) is 9.73 Å². The number of benzene rings is 1. The van der Waals surface area contributed by atoms with Crippen molar-refractivity contribution >= 4 is 35.8 Å². The summed E-state index contributed by atoms with van der Waals surface area (Å²) < 4.78 is 6.09. The molecule has 0 aliphatic heterocycles. The molecular weight excluding hydrogens is 489 g/mol. The van der Waals surface area contributed by atoms with Crippen LogP contribution in [-0.4, -0.2) is 38.2 Å². The Morgan fingerprint density at radius 1 is 1.20 bits per heavy atom. The van der Waals surface area contributed by atoms with Gasteiger partial charge in [-0.15, -0.1) is 24.0 Å². The molecule has 1 saturated carbocycles. The quantitative estimate of drug-likeness (QED) is 0.294. The lowest BCUT2D eigenvalue weighted by Crippen LogP contribution is -2.36. The third kappa shape index (κ3) is 7.66. The zero-order chi connectivity index (χ0) is 20.6.